The molecule has 28 heavy (non-hydrogen) atoms. The molecule has 3 aromatic rings. The van der Waals surface area contributed by atoms with Crippen molar-refractivity contribution in [2.45, 2.75) is 19.7 Å². The van der Waals surface area contributed by atoms with Crippen LogP contribution in [0.5, 0.6) is 5.75 Å². The van der Waals surface area contributed by atoms with Gasteiger partial charge in [-0.3, -0.25) is 0 Å². The summed E-state index contributed by atoms with van der Waals surface area (Å²) in [6.45, 7) is 1.89. The number of hydrogen-bond acceptors (Lipinski definition) is 5. The van der Waals surface area contributed by atoms with E-state index >= 15 is 0 Å². The molecular weight excluding hydrogens is 375 g/mol. The lowest BCUT2D eigenvalue weighted by molar-refractivity contribution is -0.137. The summed E-state index contributed by atoms with van der Waals surface area (Å²) in [5.41, 5.74) is 0.701. The average Bonchev–Trinajstić information content (AvgIpc) is 3.16. The molecule has 1 heterocycles. The summed E-state index contributed by atoms with van der Waals surface area (Å²) >= 11 is 0. The molecule has 1 aromatic heterocycles. The zero-order chi connectivity index (χ0) is 20.1. The van der Waals surface area contributed by atoms with E-state index in [1.54, 1.807) is 37.3 Å². The van der Waals surface area contributed by atoms with Gasteiger partial charge in [-0.25, -0.2) is 4.79 Å². The SMILES string of the molecule is CCOC(=O)c1n[nH]nc1-c1ccc(OCc2cccc(C(F)(F)F)c2)cc1. The molecule has 146 valence electrons. The Balaban J connectivity index is 1.69. The molecule has 0 spiro atoms. The number of nitrogens with one attached hydrogen (secondary N) is 1. The van der Waals surface area contributed by atoms with E-state index in [4.69, 9.17) is 9.47 Å². The lowest BCUT2D eigenvalue weighted by Crippen LogP contribution is -2.06. The molecule has 0 fully saturated rings. The Morgan fingerprint density at radius 3 is 2.54 bits per heavy atom. The molecule has 0 aliphatic carbocycles. The number of hydrogen-bond donors (Lipinski definition) is 1. The van der Waals surface area contributed by atoms with Crippen LogP contribution in [0.4, 0.5) is 13.2 Å². The van der Waals surface area contributed by atoms with E-state index in [0.717, 1.165) is 12.1 Å². The van der Waals surface area contributed by atoms with Crippen LogP contribution in [0.25, 0.3) is 11.3 Å². The molecule has 1 N–H and O–H groups in total. The fourth-order valence-corrected chi connectivity index (χ4v) is 2.49. The van der Waals surface area contributed by atoms with Crippen molar-refractivity contribution in [3.63, 3.8) is 0 Å². The molecule has 2 aromatic carbocycles. The lowest BCUT2D eigenvalue weighted by Gasteiger charge is -2.10. The first kappa shape index (κ1) is 19.4. The van der Waals surface area contributed by atoms with Crippen LogP contribution in [0.15, 0.2) is 48.5 Å². The van der Waals surface area contributed by atoms with Crippen LogP contribution in [0.3, 0.4) is 0 Å². The predicted octanol–water partition coefficient (Wildman–Crippen LogP) is 4.25. The summed E-state index contributed by atoms with van der Waals surface area (Å²) in [5, 5.41) is 10.2. The summed E-state index contributed by atoms with van der Waals surface area (Å²) in [7, 11) is 0. The monoisotopic (exact) mass is 391 g/mol. The van der Waals surface area contributed by atoms with Gasteiger partial charge in [0.2, 0.25) is 0 Å². The van der Waals surface area contributed by atoms with Crippen molar-refractivity contribution < 1.29 is 27.4 Å². The number of H-pyrrole nitrogens is 1. The van der Waals surface area contributed by atoms with E-state index in [-0.39, 0.29) is 18.9 Å². The standard InChI is InChI=1S/C19H16F3N3O3/c1-2-27-18(26)17-16(23-25-24-17)13-6-8-15(9-7-13)28-11-12-4-3-5-14(10-12)19(20,21)22/h3-10H,2,11H2,1H3,(H,23,24,25). The lowest BCUT2D eigenvalue weighted by atomic mass is 10.1. The number of aromatic amines is 1. The summed E-state index contributed by atoms with van der Waals surface area (Å²) in [4.78, 5) is 11.9. The maximum absolute atomic E-state index is 12.8. The van der Waals surface area contributed by atoms with Crippen LogP contribution in [0, 0.1) is 0 Å². The van der Waals surface area contributed by atoms with Crippen molar-refractivity contribution in [2.75, 3.05) is 6.61 Å². The number of nitrogens with zero attached hydrogens (tertiary/aromatic N) is 2. The highest BCUT2D eigenvalue weighted by Gasteiger charge is 2.30. The molecule has 0 unspecified atom stereocenters. The Kier molecular flexibility index (Phi) is 5.62. The third kappa shape index (κ3) is 4.48. The minimum Gasteiger partial charge on any atom is -0.489 e. The Labute approximate surface area is 158 Å². The Hall–Kier alpha value is -3.36. The number of aromatic nitrogens is 3. The molecule has 6 nitrogen and oxygen atoms in total. The minimum atomic E-state index is -4.40. The molecule has 3 rings (SSSR count). The number of alkyl halides is 3. The third-order valence-corrected chi connectivity index (χ3v) is 3.80. The topological polar surface area (TPSA) is 77.1 Å². The molecular formula is C19H16F3N3O3. The van der Waals surface area contributed by atoms with E-state index in [2.05, 4.69) is 15.4 Å². The van der Waals surface area contributed by atoms with Gasteiger partial charge in [0.1, 0.15) is 18.1 Å². The second-order valence-electron chi connectivity index (χ2n) is 5.75. The van der Waals surface area contributed by atoms with Crippen LogP contribution in [-0.2, 0) is 17.5 Å². The van der Waals surface area contributed by atoms with Crippen LogP contribution >= 0.6 is 0 Å². The number of benzene rings is 2. The maximum atomic E-state index is 12.8. The highest BCUT2D eigenvalue weighted by atomic mass is 19.4. The third-order valence-electron chi connectivity index (χ3n) is 3.80. The first-order valence-corrected chi connectivity index (χ1v) is 8.35. The second-order valence-corrected chi connectivity index (χ2v) is 5.75. The van der Waals surface area contributed by atoms with Gasteiger partial charge in [0.05, 0.1) is 12.2 Å². The van der Waals surface area contributed by atoms with Crippen molar-refractivity contribution >= 4 is 5.97 Å². The maximum Gasteiger partial charge on any atom is 0.416 e. The van der Waals surface area contributed by atoms with Gasteiger partial charge < -0.3 is 9.47 Å². The van der Waals surface area contributed by atoms with E-state index in [1.807, 2.05) is 0 Å². The van der Waals surface area contributed by atoms with Crippen LogP contribution < -0.4 is 4.74 Å². The van der Waals surface area contributed by atoms with Gasteiger partial charge in [0.25, 0.3) is 0 Å². The highest BCUT2D eigenvalue weighted by molar-refractivity contribution is 5.93. The van der Waals surface area contributed by atoms with Crippen LogP contribution in [0.1, 0.15) is 28.5 Å². The molecule has 0 saturated heterocycles. The molecule has 0 amide bonds. The first-order chi connectivity index (χ1) is 13.4. The van der Waals surface area contributed by atoms with E-state index in [1.165, 1.54) is 6.07 Å². The molecule has 0 aliphatic rings. The highest BCUT2D eigenvalue weighted by Crippen LogP contribution is 2.30. The molecule has 0 atom stereocenters. The van der Waals surface area contributed by atoms with Crippen LogP contribution in [-0.4, -0.2) is 28.0 Å². The number of carbonyl (C=O) groups is 1. The summed E-state index contributed by atoms with van der Waals surface area (Å²) in [6, 6.07) is 11.6. The van der Waals surface area contributed by atoms with Gasteiger partial charge in [-0.15, -0.1) is 5.10 Å². The van der Waals surface area contributed by atoms with Gasteiger partial charge in [0, 0.05) is 5.56 Å². The van der Waals surface area contributed by atoms with Crippen molar-refractivity contribution in [1.82, 2.24) is 15.4 Å². The largest absolute Gasteiger partial charge is 0.489 e. The van der Waals surface area contributed by atoms with E-state index < -0.39 is 17.7 Å². The number of carbonyl (C=O) groups excluding carboxylic acids is 1. The molecule has 0 radical (unpaired) electrons. The van der Waals surface area contributed by atoms with Gasteiger partial charge in [-0.05, 0) is 48.9 Å². The quantitative estimate of drug-likeness (QED) is 0.636. The predicted molar refractivity (Wildman–Crippen MR) is 93.6 cm³/mol. The van der Waals surface area contributed by atoms with Gasteiger partial charge in [-0.2, -0.15) is 23.5 Å². The smallest absolute Gasteiger partial charge is 0.416 e. The van der Waals surface area contributed by atoms with Crippen molar-refractivity contribution in [2.24, 2.45) is 0 Å². The average molecular weight is 391 g/mol. The Morgan fingerprint density at radius 2 is 1.86 bits per heavy atom. The number of rotatable bonds is 6. The fraction of sp³-hybridized carbons (Fsp3) is 0.211. The molecule has 0 saturated carbocycles. The van der Waals surface area contributed by atoms with E-state index in [0.29, 0.717) is 22.6 Å². The zero-order valence-corrected chi connectivity index (χ0v) is 14.8. The molecule has 9 heteroatoms. The van der Waals surface area contributed by atoms with Gasteiger partial charge >= 0.3 is 12.1 Å². The van der Waals surface area contributed by atoms with Crippen molar-refractivity contribution in [1.29, 1.82) is 0 Å². The van der Waals surface area contributed by atoms with Crippen molar-refractivity contribution in [3.8, 4) is 17.0 Å². The minimum absolute atomic E-state index is 0.0126. The fourth-order valence-electron chi connectivity index (χ4n) is 2.49. The Bertz CT molecular complexity index is 953. The van der Waals surface area contributed by atoms with Crippen molar-refractivity contribution in [3.05, 3.63) is 65.4 Å². The normalized spacial score (nSPS) is 11.3. The Morgan fingerprint density at radius 1 is 1.11 bits per heavy atom. The zero-order valence-electron chi connectivity index (χ0n) is 14.8. The van der Waals surface area contributed by atoms with Gasteiger partial charge in [0.15, 0.2) is 5.69 Å². The first-order valence-electron chi connectivity index (χ1n) is 8.35. The molecule has 0 bridgehead atoms. The number of ether oxygens (including phenoxy) is 2. The molecule has 0 aliphatic heterocycles. The summed E-state index contributed by atoms with van der Waals surface area (Å²) in [5.74, 6) is -0.126. The number of esters is 1. The van der Waals surface area contributed by atoms with Crippen LogP contribution in [0.2, 0.25) is 0 Å². The van der Waals surface area contributed by atoms with Gasteiger partial charge in [-0.1, -0.05) is 12.1 Å². The van der Waals surface area contributed by atoms with E-state index in [9.17, 15) is 18.0 Å². The summed E-state index contributed by atoms with van der Waals surface area (Å²) in [6.07, 6.45) is -4.40. The summed E-state index contributed by atoms with van der Waals surface area (Å²) < 4.78 is 48.8. The second kappa shape index (κ2) is 8.12. The number of halogens is 3.